The molecule has 2 nitrogen and oxygen atoms in total. The second-order valence-corrected chi connectivity index (χ2v) is 8.07. The molecule has 1 unspecified atom stereocenters. The van der Waals surface area contributed by atoms with Crippen molar-refractivity contribution in [2.75, 3.05) is 43.0 Å². The van der Waals surface area contributed by atoms with Crippen LogP contribution in [0.3, 0.4) is 0 Å². The first-order valence-corrected chi connectivity index (χ1v) is 9.19. The fraction of sp³-hybridized carbons (Fsp3) is 0.647. The summed E-state index contributed by atoms with van der Waals surface area (Å²) in [6.45, 7) is 12.6. The standard InChI is InChI=1S/C17H26BrClN2/c1-17(2,3)14(12-18)13-20-7-9-21(10-8-20)16-6-4-5-15(19)11-16/h4-6,11,14H,7-10,12-13H2,1-3H3. The first-order valence-electron chi connectivity index (χ1n) is 7.69. The normalized spacial score (nSPS) is 18.8. The molecule has 1 atom stereocenters. The molecular formula is C17H26BrClN2. The van der Waals surface area contributed by atoms with E-state index in [1.807, 2.05) is 12.1 Å². The van der Waals surface area contributed by atoms with Crippen molar-refractivity contribution in [3.05, 3.63) is 29.3 Å². The van der Waals surface area contributed by atoms with E-state index in [1.165, 1.54) is 12.2 Å². The summed E-state index contributed by atoms with van der Waals surface area (Å²) >= 11 is 9.77. The predicted molar refractivity (Wildman–Crippen MR) is 96.8 cm³/mol. The molecule has 1 aromatic rings. The Bertz CT molecular complexity index is 450. The van der Waals surface area contributed by atoms with E-state index in [1.54, 1.807) is 0 Å². The van der Waals surface area contributed by atoms with Crippen LogP contribution >= 0.6 is 27.5 Å². The van der Waals surface area contributed by atoms with Gasteiger partial charge in [0.05, 0.1) is 0 Å². The third kappa shape index (κ3) is 4.87. The first kappa shape index (κ1) is 17.1. The molecule has 1 fully saturated rings. The van der Waals surface area contributed by atoms with Gasteiger partial charge in [-0.3, -0.25) is 4.90 Å². The molecule has 0 radical (unpaired) electrons. The summed E-state index contributed by atoms with van der Waals surface area (Å²) in [5.74, 6) is 0.690. The van der Waals surface area contributed by atoms with Crippen LogP contribution in [0.5, 0.6) is 0 Å². The van der Waals surface area contributed by atoms with E-state index in [9.17, 15) is 0 Å². The Labute approximate surface area is 142 Å². The van der Waals surface area contributed by atoms with Crippen molar-refractivity contribution < 1.29 is 0 Å². The number of piperazine rings is 1. The molecule has 1 saturated heterocycles. The molecule has 4 heteroatoms. The van der Waals surface area contributed by atoms with E-state index in [2.05, 4.69) is 58.6 Å². The van der Waals surface area contributed by atoms with Crippen LogP contribution in [0, 0.1) is 11.3 Å². The number of nitrogens with zero attached hydrogens (tertiary/aromatic N) is 2. The van der Waals surface area contributed by atoms with Crippen molar-refractivity contribution in [3.8, 4) is 0 Å². The Balaban J connectivity index is 1.88. The number of rotatable bonds is 4. The second kappa shape index (κ2) is 7.34. The van der Waals surface area contributed by atoms with Crippen LogP contribution in [-0.2, 0) is 0 Å². The highest BCUT2D eigenvalue weighted by molar-refractivity contribution is 9.09. The Morgan fingerprint density at radius 1 is 1.19 bits per heavy atom. The lowest BCUT2D eigenvalue weighted by atomic mass is 9.81. The van der Waals surface area contributed by atoms with Gasteiger partial charge < -0.3 is 4.90 Å². The van der Waals surface area contributed by atoms with Crippen LogP contribution in [0.25, 0.3) is 0 Å². The fourth-order valence-corrected chi connectivity index (χ4v) is 4.09. The molecule has 1 aliphatic rings. The Hall–Kier alpha value is -0.250. The van der Waals surface area contributed by atoms with E-state index < -0.39 is 0 Å². The van der Waals surface area contributed by atoms with Gasteiger partial charge in [-0.25, -0.2) is 0 Å². The molecule has 118 valence electrons. The van der Waals surface area contributed by atoms with Crippen molar-refractivity contribution >= 4 is 33.2 Å². The van der Waals surface area contributed by atoms with E-state index in [-0.39, 0.29) is 0 Å². The minimum atomic E-state index is 0.355. The molecule has 0 saturated carbocycles. The van der Waals surface area contributed by atoms with Gasteiger partial charge in [-0.05, 0) is 29.5 Å². The lowest BCUT2D eigenvalue weighted by molar-refractivity contribution is 0.159. The molecule has 21 heavy (non-hydrogen) atoms. The molecule has 0 N–H and O–H groups in total. The molecule has 0 aromatic heterocycles. The van der Waals surface area contributed by atoms with Gasteiger partial charge in [0.2, 0.25) is 0 Å². The number of hydrogen-bond acceptors (Lipinski definition) is 2. The molecule has 0 aliphatic carbocycles. The molecule has 1 heterocycles. The highest BCUT2D eigenvalue weighted by Crippen LogP contribution is 2.29. The smallest absolute Gasteiger partial charge is 0.0426 e. The predicted octanol–water partition coefficient (Wildman–Crippen LogP) is 4.52. The van der Waals surface area contributed by atoms with E-state index in [0.29, 0.717) is 11.3 Å². The summed E-state index contributed by atoms with van der Waals surface area (Å²) in [5.41, 5.74) is 1.60. The maximum absolute atomic E-state index is 6.09. The summed E-state index contributed by atoms with van der Waals surface area (Å²) in [7, 11) is 0. The number of halogens is 2. The maximum atomic E-state index is 6.09. The average molecular weight is 374 g/mol. The Morgan fingerprint density at radius 2 is 1.86 bits per heavy atom. The van der Waals surface area contributed by atoms with Crippen molar-refractivity contribution in [1.29, 1.82) is 0 Å². The highest BCUT2D eigenvalue weighted by atomic mass is 79.9. The summed E-state index contributed by atoms with van der Waals surface area (Å²) < 4.78 is 0. The van der Waals surface area contributed by atoms with Crippen molar-refractivity contribution in [2.24, 2.45) is 11.3 Å². The van der Waals surface area contributed by atoms with Crippen molar-refractivity contribution in [3.63, 3.8) is 0 Å². The van der Waals surface area contributed by atoms with Crippen LogP contribution in [0.2, 0.25) is 5.02 Å². The molecule has 0 amide bonds. The lowest BCUT2D eigenvalue weighted by Gasteiger charge is -2.40. The minimum absolute atomic E-state index is 0.355. The van der Waals surface area contributed by atoms with Crippen LogP contribution in [0.4, 0.5) is 5.69 Å². The SMILES string of the molecule is CC(C)(C)C(CBr)CN1CCN(c2cccc(Cl)c2)CC1. The Morgan fingerprint density at radius 3 is 2.38 bits per heavy atom. The monoisotopic (exact) mass is 372 g/mol. The molecule has 1 aromatic carbocycles. The third-order valence-electron chi connectivity index (χ3n) is 4.44. The largest absolute Gasteiger partial charge is 0.369 e. The van der Waals surface area contributed by atoms with E-state index in [4.69, 9.17) is 11.6 Å². The number of hydrogen-bond donors (Lipinski definition) is 0. The van der Waals surface area contributed by atoms with E-state index >= 15 is 0 Å². The number of alkyl halides is 1. The summed E-state index contributed by atoms with van der Waals surface area (Å²) in [5, 5.41) is 1.90. The fourth-order valence-electron chi connectivity index (χ4n) is 2.73. The highest BCUT2D eigenvalue weighted by Gasteiger charge is 2.27. The van der Waals surface area contributed by atoms with Gasteiger partial charge in [0.15, 0.2) is 0 Å². The van der Waals surface area contributed by atoms with Crippen LogP contribution in [0.15, 0.2) is 24.3 Å². The quantitative estimate of drug-likeness (QED) is 0.716. The zero-order chi connectivity index (χ0) is 15.5. The zero-order valence-electron chi connectivity index (χ0n) is 13.3. The molecular weight excluding hydrogens is 348 g/mol. The van der Waals surface area contributed by atoms with Gasteiger partial charge in [0.1, 0.15) is 0 Å². The third-order valence-corrected chi connectivity index (χ3v) is 5.45. The molecule has 0 spiro atoms. The summed E-state index contributed by atoms with van der Waals surface area (Å²) in [6.07, 6.45) is 0. The van der Waals surface area contributed by atoms with Gasteiger partial charge in [0.25, 0.3) is 0 Å². The second-order valence-electron chi connectivity index (χ2n) is 6.98. The number of benzene rings is 1. The van der Waals surface area contributed by atoms with Crippen LogP contribution in [-0.4, -0.2) is 43.0 Å². The summed E-state index contributed by atoms with van der Waals surface area (Å²) in [4.78, 5) is 5.03. The van der Waals surface area contributed by atoms with Gasteiger partial charge >= 0.3 is 0 Å². The molecule has 2 rings (SSSR count). The Kier molecular flexibility index (Phi) is 5.98. The molecule has 0 bridgehead atoms. The van der Waals surface area contributed by atoms with Crippen molar-refractivity contribution in [2.45, 2.75) is 20.8 Å². The average Bonchev–Trinajstić information content (AvgIpc) is 2.44. The maximum Gasteiger partial charge on any atom is 0.0426 e. The zero-order valence-corrected chi connectivity index (χ0v) is 15.6. The lowest BCUT2D eigenvalue weighted by Crippen LogP contribution is -2.49. The topological polar surface area (TPSA) is 6.48 Å². The van der Waals surface area contributed by atoms with E-state index in [0.717, 1.165) is 36.5 Å². The van der Waals surface area contributed by atoms with Gasteiger partial charge in [-0.15, -0.1) is 0 Å². The minimum Gasteiger partial charge on any atom is -0.369 e. The first-order chi connectivity index (χ1) is 9.90. The van der Waals surface area contributed by atoms with Gasteiger partial charge in [-0.2, -0.15) is 0 Å². The number of anilines is 1. The van der Waals surface area contributed by atoms with Crippen LogP contribution in [0.1, 0.15) is 20.8 Å². The van der Waals surface area contributed by atoms with Gasteiger partial charge in [0, 0.05) is 48.8 Å². The van der Waals surface area contributed by atoms with Crippen LogP contribution < -0.4 is 4.90 Å². The van der Waals surface area contributed by atoms with Crippen molar-refractivity contribution in [1.82, 2.24) is 4.90 Å². The summed E-state index contributed by atoms with van der Waals surface area (Å²) in [6, 6.07) is 8.18. The van der Waals surface area contributed by atoms with Gasteiger partial charge in [-0.1, -0.05) is 54.4 Å². The molecule has 1 aliphatic heterocycles.